The Bertz CT molecular complexity index is 1040. The zero-order valence-electron chi connectivity index (χ0n) is 46.7. The monoisotopic (exact) mass is 961 g/mol. The molecule has 0 saturated heterocycles. The van der Waals surface area contributed by atoms with Gasteiger partial charge < -0.3 is 14.2 Å². The number of ether oxygens (including phenoxy) is 3. The first-order chi connectivity index (χ1) is 33.3. The second-order valence-corrected chi connectivity index (χ2v) is 21.8. The fraction of sp³-hybridized carbons (Fsp3) is 0.952. The van der Waals surface area contributed by atoms with Gasteiger partial charge in [0.15, 0.2) is 6.10 Å². The fourth-order valence-electron chi connectivity index (χ4n) is 9.52. The molecule has 0 saturated carbocycles. The van der Waals surface area contributed by atoms with Crippen molar-refractivity contribution >= 4 is 17.9 Å². The minimum atomic E-state index is -0.763. The molecule has 0 heterocycles. The Morgan fingerprint density at radius 3 is 0.765 bits per heavy atom. The SMILES string of the molecule is CCCCCCCCCCCCCCCCCCC(=O)OC[C@H](COC(=O)CCCCCCCCCCCCCCCCCCCCC(C)CC)OC(=O)CCCCCCCCCCC(C)CC. The van der Waals surface area contributed by atoms with Crippen molar-refractivity contribution in [3.8, 4) is 0 Å². The van der Waals surface area contributed by atoms with Crippen LogP contribution < -0.4 is 0 Å². The summed E-state index contributed by atoms with van der Waals surface area (Å²) >= 11 is 0. The molecule has 0 aromatic rings. The molecular weight excluding hydrogens is 841 g/mol. The number of hydrogen-bond acceptors (Lipinski definition) is 6. The first-order valence-corrected chi connectivity index (χ1v) is 30.8. The molecule has 0 rings (SSSR count). The molecule has 0 radical (unpaired) electrons. The third kappa shape index (κ3) is 52.2. The average molecular weight is 962 g/mol. The lowest BCUT2D eigenvalue weighted by Gasteiger charge is -2.18. The standard InChI is InChI=1S/C62H120O6/c1-6-9-10-11-12-13-14-15-16-22-25-28-31-37-42-47-52-60(63)66-55-59(68-62(65)54-49-44-39-34-33-36-41-46-51-58(5)8-3)56-67-61(64)53-48-43-38-32-29-26-23-20-18-17-19-21-24-27-30-35-40-45-50-57(4)7-2/h57-59H,6-56H2,1-5H3/t57?,58?,59-/m1/s1. The van der Waals surface area contributed by atoms with E-state index in [2.05, 4.69) is 34.6 Å². The van der Waals surface area contributed by atoms with Gasteiger partial charge in [-0.15, -0.1) is 0 Å². The van der Waals surface area contributed by atoms with E-state index < -0.39 is 6.10 Å². The third-order valence-corrected chi connectivity index (χ3v) is 14.9. The highest BCUT2D eigenvalue weighted by molar-refractivity contribution is 5.71. The van der Waals surface area contributed by atoms with Gasteiger partial charge in [-0.2, -0.15) is 0 Å². The number of esters is 3. The van der Waals surface area contributed by atoms with Crippen LogP contribution in [-0.2, 0) is 28.6 Å². The Hall–Kier alpha value is -1.59. The largest absolute Gasteiger partial charge is 0.462 e. The predicted molar refractivity (Wildman–Crippen MR) is 293 cm³/mol. The molecular formula is C62H120O6. The van der Waals surface area contributed by atoms with Gasteiger partial charge in [0.1, 0.15) is 13.2 Å². The number of carbonyl (C=O) groups excluding carboxylic acids is 3. The Kier molecular flexibility index (Phi) is 53.5. The minimum absolute atomic E-state index is 0.0628. The van der Waals surface area contributed by atoms with E-state index in [-0.39, 0.29) is 31.1 Å². The zero-order chi connectivity index (χ0) is 49.6. The van der Waals surface area contributed by atoms with Crippen LogP contribution in [0.4, 0.5) is 0 Å². The molecule has 3 atom stereocenters. The van der Waals surface area contributed by atoms with Crippen molar-refractivity contribution in [3.63, 3.8) is 0 Å². The third-order valence-electron chi connectivity index (χ3n) is 14.9. The predicted octanol–water partition coefficient (Wildman–Crippen LogP) is 20.4. The van der Waals surface area contributed by atoms with Crippen molar-refractivity contribution in [1.82, 2.24) is 0 Å². The second-order valence-electron chi connectivity index (χ2n) is 21.8. The summed E-state index contributed by atoms with van der Waals surface area (Å²) in [5.41, 5.74) is 0. The molecule has 0 spiro atoms. The molecule has 2 unspecified atom stereocenters. The molecule has 404 valence electrons. The van der Waals surface area contributed by atoms with E-state index in [9.17, 15) is 14.4 Å². The maximum atomic E-state index is 12.8. The molecule has 0 aromatic heterocycles. The summed E-state index contributed by atoms with van der Waals surface area (Å²) in [6.07, 6.45) is 59.5. The van der Waals surface area contributed by atoms with E-state index in [1.165, 1.54) is 238 Å². The highest BCUT2D eigenvalue weighted by Gasteiger charge is 2.19. The van der Waals surface area contributed by atoms with Crippen LogP contribution in [0.5, 0.6) is 0 Å². The Morgan fingerprint density at radius 2 is 0.515 bits per heavy atom. The summed E-state index contributed by atoms with van der Waals surface area (Å²) in [4.78, 5) is 38.2. The highest BCUT2D eigenvalue weighted by Crippen LogP contribution is 2.19. The summed E-state index contributed by atoms with van der Waals surface area (Å²) in [5, 5.41) is 0. The maximum absolute atomic E-state index is 12.8. The zero-order valence-corrected chi connectivity index (χ0v) is 46.7. The molecule has 6 nitrogen and oxygen atoms in total. The van der Waals surface area contributed by atoms with Gasteiger partial charge in [-0.25, -0.2) is 0 Å². The average Bonchev–Trinajstić information content (AvgIpc) is 3.34. The lowest BCUT2D eigenvalue weighted by molar-refractivity contribution is -0.167. The molecule has 0 aliphatic rings. The number of rotatable bonds is 56. The number of hydrogen-bond donors (Lipinski definition) is 0. The van der Waals surface area contributed by atoms with Crippen molar-refractivity contribution in [2.75, 3.05) is 13.2 Å². The normalized spacial score (nSPS) is 12.8. The van der Waals surface area contributed by atoms with Crippen molar-refractivity contribution in [2.45, 2.75) is 355 Å². The van der Waals surface area contributed by atoms with Gasteiger partial charge >= 0.3 is 17.9 Å². The van der Waals surface area contributed by atoms with Crippen molar-refractivity contribution in [1.29, 1.82) is 0 Å². The van der Waals surface area contributed by atoms with Crippen molar-refractivity contribution in [3.05, 3.63) is 0 Å². The molecule has 0 aliphatic carbocycles. The molecule has 68 heavy (non-hydrogen) atoms. The van der Waals surface area contributed by atoms with Gasteiger partial charge in [0.05, 0.1) is 0 Å². The molecule has 0 bridgehead atoms. The minimum Gasteiger partial charge on any atom is -0.462 e. The van der Waals surface area contributed by atoms with Gasteiger partial charge in [-0.3, -0.25) is 14.4 Å². The van der Waals surface area contributed by atoms with Gasteiger partial charge in [-0.1, -0.05) is 311 Å². The fourth-order valence-corrected chi connectivity index (χ4v) is 9.52. The van der Waals surface area contributed by atoms with Crippen LogP contribution in [-0.4, -0.2) is 37.2 Å². The first-order valence-electron chi connectivity index (χ1n) is 30.8. The van der Waals surface area contributed by atoms with Crippen molar-refractivity contribution in [2.24, 2.45) is 11.8 Å². The van der Waals surface area contributed by atoms with Crippen LogP contribution >= 0.6 is 0 Å². The molecule has 0 fully saturated rings. The molecule has 0 amide bonds. The smallest absolute Gasteiger partial charge is 0.306 e. The summed E-state index contributed by atoms with van der Waals surface area (Å²) in [7, 11) is 0. The summed E-state index contributed by atoms with van der Waals surface area (Å²) in [6, 6.07) is 0. The van der Waals surface area contributed by atoms with Gasteiger partial charge in [0, 0.05) is 19.3 Å². The van der Waals surface area contributed by atoms with Crippen LogP contribution in [0.3, 0.4) is 0 Å². The van der Waals surface area contributed by atoms with E-state index in [1.54, 1.807) is 0 Å². The van der Waals surface area contributed by atoms with E-state index in [0.29, 0.717) is 19.3 Å². The van der Waals surface area contributed by atoms with Crippen LogP contribution in [0.15, 0.2) is 0 Å². The van der Waals surface area contributed by atoms with Gasteiger partial charge in [0.25, 0.3) is 0 Å². The molecule has 6 heteroatoms. The van der Waals surface area contributed by atoms with E-state index in [0.717, 1.165) is 69.6 Å². The number of carbonyl (C=O) groups is 3. The van der Waals surface area contributed by atoms with Crippen molar-refractivity contribution < 1.29 is 28.6 Å². The Balaban J connectivity index is 4.22. The van der Waals surface area contributed by atoms with Gasteiger partial charge in [-0.05, 0) is 31.1 Å². The molecule has 0 N–H and O–H groups in total. The Morgan fingerprint density at radius 1 is 0.294 bits per heavy atom. The number of unbranched alkanes of at least 4 members (excludes halogenated alkanes) is 39. The molecule has 0 aromatic carbocycles. The maximum Gasteiger partial charge on any atom is 0.306 e. The summed E-state index contributed by atoms with van der Waals surface area (Å²) < 4.78 is 16.9. The lowest BCUT2D eigenvalue weighted by atomic mass is 9.99. The topological polar surface area (TPSA) is 78.9 Å². The first kappa shape index (κ1) is 66.4. The second kappa shape index (κ2) is 54.7. The van der Waals surface area contributed by atoms with Crippen LogP contribution in [0.2, 0.25) is 0 Å². The Labute approximate surface area is 425 Å². The van der Waals surface area contributed by atoms with Crippen LogP contribution in [0, 0.1) is 11.8 Å². The van der Waals surface area contributed by atoms with E-state index >= 15 is 0 Å². The quantitative estimate of drug-likeness (QED) is 0.0343. The molecule has 0 aliphatic heterocycles. The highest BCUT2D eigenvalue weighted by atomic mass is 16.6. The van der Waals surface area contributed by atoms with Gasteiger partial charge in [0.2, 0.25) is 0 Å². The van der Waals surface area contributed by atoms with Crippen LogP contribution in [0.1, 0.15) is 349 Å². The van der Waals surface area contributed by atoms with E-state index in [4.69, 9.17) is 14.2 Å². The lowest BCUT2D eigenvalue weighted by Crippen LogP contribution is -2.30. The summed E-state index contributed by atoms with van der Waals surface area (Å²) in [5.74, 6) is 0.917. The van der Waals surface area contributed by atoms with E-state index in [1.807, 2.05) is 0 Å². The van der Waals surface area contributed by atoms with Crippen LogP contribution in [0.25, 0.3) is 0 Å². The summed E-state index contributed by atoms with van der Waals surface area (Å²) in [6.45, 7) is 11.5.